The highest BCUT2D eigenvalue weighted by atomic mass is 19.1. The zero-order valence-corrected chi connectivity index (χ0v) is 14.6. The molecule has 3 fully saturated rings. The van der Waals surface area contributed by atoms with Crippen LogP contribution in [0.1, 0.15) is 51.9 Å². The molecule has 0 unspecified atom stereocenters. The maximum atomic E-state index is 14.4. The number of rotatable bonds is 5. The molecule has 4 aliphatic rings. The van der Waals surface area contributed by atoms with Crippen molar-refractivity contribution >= 4 is 11.6 Å². The molecule has 134 valence electrons. The van der Waals surface area contributed by atoms with E-state index in [-0.39, 0.29) is 30.5 Å². The van der Waals surface area contributed by atoms with E-state index in [1.165, 1.54) is 12.8 Å². The molecule has 0 N–H and O–H groups in total. The second kappa shape index (κ2) is 5.97. The van der Waals surface area contributed by atoms with E-state index < -0.39 is 5.67 Å². The van der Waals surface area contributed by atoms with Crippen molar-refractivity contribution in [2.45, 2.75) is 63.1 Å². The summed E-state index contributed by atoms with van der Waals surface area (Å²) in [4.78, 5) is 22.4. The average molecular weight is 337 g/mol. The van der Waals surface area contributed by atoms with Gasteiger partial charge in [-0.15, -0.1) is 0 Å². The second-order valence-electron chi connectivity index (χ2n) is 8.19. The van der Waals surface area contributed by atoms with Gasteiger partial charge >= 0.3 is 0 Å². The molecule has 5 nitrogen and oxygen atoms in total. The van der Waals surface area contributed by atoms with Crippen LogP contribution in [0.25, 0.3) is 0 Å². The number of unbranched alkanes of at least 4 members (excludes halogenated alkanes) is 1. The van der Waals surface area contributed by atoms with E-state index in [9.17, 15) is 9.18 Å². The zero-order valence-electron chi connectivity index (χ0n) is 14.6. The molecule has 1 amide bonds. The number of hydrogen-bond donors (Lipinski definition) is 0. The second-order valence-corrected chi connectivity index (χ2v) is 8.19. The Bertz CT molecular complexity index is 542. The number of piperidine rings is 1. The fourth-order valence-corrected chi connectivity index (χ4v) is 4.39. The van der Waals surface area contributed by atoms with Crippen molar-refractivity contribution in [2.75, 3.05) is 32.7 Å². The van der Waals surface area contributed by atoms with Gasteiger partial charge in [0.25, 0.3) is 5.91 Å². The first-order valence-corrected chi connectivity index (χ1v) is 9.49. The molecule has 4 rings (SSSR count). The number of alkyl halides is 1. The summed E-state index contributed by atoms with van der Waals surface area (Å²) in [7, 11) is 0. The Morgan fingerprint density at radius 1 is 1.38 bits per heavy atom. The molecular weight excluding hydrogens is 309 g/mol. The SMILES string of the molecule is CCCCN1CCC[C@@]2(CC(C(=O)N3CC(F)(C4CC4)C3)=NO2)C1. The lowest BCUT2D eigenvalue weighted by atomic mass is 9.86. The van der Waals surface area contributed by atoms with Gasteiger partial charge in [-0.1, -0.05) is 18.5 Å². The lowest BCUT2D eigenvalue weighted by molar-refractivity contribution is -0.139. The Morgan fingerprint density at radius 2 is 2.17 bits per heavy atom. The molecule has 24 heavy (non-hydrogen) atoms. The third kappa shape index (κ3) is 2.93. The molecule has 1 saturated carbocycles. The van der Waals surface area contributed by atoms with E-state index in [1.54, 1.807) is 4.90 Å². The summed E-state index contributed by atoms with van der Waals surface area (Å²) in [6, 6.07) is 0. The van der Waals surface area contributed by atoms with E-state index >= 15 is 0 Å². The van der Waals surface area contributed by atoms with Gasteiger partial charge < -0.3 is 9.74 Å². The van der Waals surface area contributed by atoms with Crippen LogP contribution < -0.4 is 0 Å². The Hall–Kier alpha value is -1.17. The molecule has 0 bridgehead atoms. The monoisotopic (exact) mass is 337 g/mol. The van der Waals surface area contributed by atoms with Gasteiger partial charge in [0.15, 0.2) is 5.60 Å². The molecule has 0 aromatic rings. The van der Waals surface area contributed by atoms with Crippen molar-refractivity contribution in [3.8, 4) is 0 Å². The Balaban J connectivity index is 1.31. The summed E-state index contributed by atoms with van der Waals surface area (Å²) in [5.74, 6) is 0.0617. The fraction of sp³-hybridized carbons (Fsp3) is 0.889. The maximum Gasteiger partial charge on any atom is 0.272 e. The van der Waals surface area contributed by atoms with E-state index in [0.29, 0.717) is 12.1 Å². The lowest BCUT2D eigenvalue weighted by Gasteiger charge is -2.44. The molecular formula is C18H28FN3O2. The number of oxime groups is 1. The van der Waals surface area contributed by atoms with Gasteiger partial charge in [0, 0.05) is 13.0 Å². The summed E-state index contributed by atoms with van der Waals surface area (Å²) in [5, 5.41) is 4.11. The normalized spacial score (nSPS) is 32.4. The minimum atomic E-state index is -1.13. The van der Waals surface area contributed by atoms with E-state index in [0.717, 1.165) is 45.3 Å². The van der Waals surface area contributed by atoms with Crippen molar-refractivity contribution in [2.24, 2.45) is 11.1 Å². The minimum Gasteiger partial charge on any atom is -0.387 e. The molecule has 3 heterocycles. The van der Waals surface area contributed by atoms with E-state index in [4.69, 9.17) is 4.84 Å². The molecule has 1 spiro atoms. The largest absolute Gasteiger partial charge is 0.387 e. The highest BCUT2D eigenvalue weighted by Gasteiger charge is 2.56. The molecule has 0 aromatic heterocycles. The zero-order chi connectivity index (χ0) is 16.8. The van der Waals surface area contributed by atoms with Crippen molar-refractivity contribution < 1.29 is 14.0 Å². The van der Waals surface area contributed by atoms with Crippen LogP contribution in [0.15, 0.2) is 5.16 Å². The van der Waals surface area contributed by atoms with Gasteiger partial charge in [-0.2, -0.15) is 0 Å². The van der Waals surface area contributed by atoms with Crippen molar-refractivity contribution in [3.05, 3.63) is 0 Å². The number of carbonyl (C=O) groups is 1. The molecule has 0 radical (unpaired) electrons. The third-order valence-corrected chi connectivity index (χ3v) is 6.04. The number of amides is 1. The van der Waals surface area contributed by atoms with Crippen LogP contribution in [0.4, 0.5) is 4.39 Å². The van der Waals surface area contributed by atoms with Gasteiger partial charge in [0.05, 0.1) is 13.1 Å². The van der Waals surface area contributed by atoms with Crippen LogP contribution in [-0.2, 0) is 9.63 Å². The molecule has 1 atom stereocenters. The highest BCUT2D eigenvalue weighted by Crippen LogP contribution is 2.47. The van der Waals surface area contributed by atoms with Gasteiger partial charge in [-0.25, -0.2) is 4.39 Å². The minimum absolute atomic E-state index is 0.119. The lowest BCUT2D eigenvalue weighted by Crippen LogP contribution is -2.63. The van der Waals surface area contributed by atoms with Gasteiger partial charge in [-0.05, 0) is 51.1 Å². The number of nitrogens with zero attached hydrogens (tertiary/aromatic N) is 3. The van der Waals surface area contributed by atoms with Crippen LogP contribution in [0, 0.1) is 5.92 Å². The van der Waals surface area contributed by atoms with Crippen molar-refractivity contribution in [3.63, 3.8) is 0 Å². The summed E-state index contributed by atoms with van der Waals surface area (Å²) >= 11 is 0. The van der Waals surface area contributed by atoms with E-state index in [2.05, 4.69) is 17.0 Å². The number of hydrogen-bond acceptors (Lipinski definition) is 4. The first-order valence-electron chi connectivity index (χ1n) is 9.49. The summed E-state index contributed by atoms with van der Waals surface area (Å²) in [6.07, 6.45) is 6.93. The molecule has 1 aliphatic carbocycles. The predicted octanol–water partition coefficient (Wildman–Crippen LogP) is 2.36. The van der Waals surface area contributed by atoms with Crippen LogP contribution >= 0.6 is 0 Å². The quantitative estimate of drug-likeness (QED) is 0.774. The molecule has 3 aliphatic heterocycles. The Labute approximate surface area is 143 Å². The maximum absolute atomic E-state index is 14.4. The van der Waals surface area contributed by atoms with Crippen LogP contribution in [0.5, 0.6) is 0 Å². The first-order chi connectivity index (χ1) is 11.5. The van der Waals surface area contributed by atoms with Crippen LogP contribution in [0.3, 0.4) is 0 Å². The predicted molar refractivity (Wildman–Crippen MR) is 89.6 cm³/mol. The Morgan fingerprint density at radius 3 is 2.88 bits per heavy atom. The standard InChI is InChI=1S/C18H28FN3O2/c1-2-3-8-21-9-4-7-17(11-21)10-15(20-24-17)16(23)22-12-18(19,13-22)14-5-6-14/h14H,2-13H2,1H3/t17-/m1/s1. The Kier molecular flexibility index (Phi) is 4.06. The van der Waals surface area contributed by atoms with Crippen LogP contribution in [-0.4, -0.2) is 65.4 Å². The summed E-state index contributed by atoms with van der Waals surface area (Å²) in [6.45, 7) is 5.72. The van der Waals surface area contributed by atoms with Gasteiger partial charge in [-0.3, -0.25) is 9.69 Å². The first kappa shape index (κ1) is 16.3. The van der Waals surface area contributed by atoms with E-state index in [1.807, 2.05) is 0 Å². The summed E-state index contributed by atoms with van der Waals surface area (Å²) < 4.78 is 14.4. The fourth-order valence-electron chi connectivity index (χ4n) is 4.39. The molecule has 6 heteroatoms. The third-order valence-electron chi connectivity index (χ3n) is 6.04. The number of likely N-dealkylation sites (tertiary alicyclic amines) is 2. The van der Waals surface area contributed by atoms with Gasteiger partial charge in [0.2, 0.25) is 0 Å². The summed E-state index contributed by atoms with van der Waals surface area (Å²) in [5.41, 5.74) is -0.967. The van der Waals surface area contributed by atoms with Crippen molar-refractivity contribution in [1.82, 2.24) is 9.80 Å². The average Bonchev–Trinajstić information content (AvgIpc) is 3.33. The smallest absolute Gasteiger partial charge is 0.272 e. The van der Waals surface area contributed by atoms with Gasteiger partial charge in [0.1, 0.15) is 11.4 Å². The topological polar surface area (TPSA) is 45.1 Å². The molecule has 2 saturated heterocycles. The van der Waals surface area contributed by atoms with Crippen molar-refractivity contribution in [1.29, 1.82) is 0 Å². The van der Waals surface area contributed by atoms with Crippen LogP contribution in [0.2, 0.25) is 0 Å². The number of carbonyl (C=O) groups excluding carboxylic acids is 1. The molecule has 0 aromatic carbocycles. The number of halogens is 1. The highest BCUT2D eigenvalue weighted by molar-refractivity contribution is 6.39.